The van der Waals surface area contributed by atoms with Gasteiger partial charge in [0.25, 0.3) is 0 Å². The number of ether oxygens (including phenoxy) is 1. The quantitative estimate of drug-likeness (QED) is 0.734. The minimum Gasteiger partial charge on any atom is -0.457 e. The monoisotopic (exact) mass is 355 g/mol. The largest absolute Gasteiger partial charge is 0.457 e. The summed E-state index contributed by atoms with van der Waals surface area (Å²) in [4.78, 5) is 0. The van der Waals surface area contributed by atoms with Crippen LogP contribution in [-0.4, -0.2) is 6.54 Å². The Labute approximate surface area is 131 Å². The van der Waals surface area contributed by atoms with Crippen molar-refractivity contribution in [1.29, 1.82) is 0 Å². The van der Waals surface area contributed by atoms with E-state index in [1.54, 1.807) is 12.1 Å². The van der Waals surface area contributed by atoms with E-state index in [1.807, 2.05) is 0 Å². The fraction of sp³-hybridized carbons (Fsp3) is 0.250. The summed E-state index contributed by atoms with van der Waals surface area (Å²) in [6.45, 7) is 3.39. The summed E-state index contributed by atoms with van der Waals surface area (Å²) in [6.07, 6.45) is 0.988. The van der Waals surface area contributed by atoms with Crippen LogP contribution in [-0.2, 0) is 6.54 Å². The van der Waals surface area contributed by atoms with Crippen molar-refractivity contribution in [2.75, 3.05) is 6.54 Å². The van der Waals surface area contributed by atoms with Gasteiger partial charge in [0.05, 0.1) is 0 Å². The molecule has 2 aromatic carbocycles. The van der Waals surface area contributed by atoms with Crippen LogP contribution < -0.4 is 10.1 Å². The zero-order valence-corrected chi connectivity index (χ0v) is 13.2. The second-order valence-electron chi connectivity index (χ2n) is 4.64. The lowest BCUT2D eigenvalue weighted by atomic mass is 10.2. The Hall–Kier alpha value is -1.46. The number of hydrogen-bond donors (Lipinski definition) is 1. The Kier molecular flexibility index (Phi) is 5.70. The van der Waals surface area contributed by atoms with Gasteiger partial charge in [-0.15, -0.1) is 0 Å². The average Bonchev–Trinajstić information content (AvgIpc) is 2.41. The molecule has 0 aromatic heterocycles. The fourth-order valence-corrected chi connectivity index (χ4v) is 2.34. The molecule has 5 heteroatoms. The molecule has 0 aliphatic carbocycles. The van der Waals surface area contributed by atoms with Crippen LogP contribution in [0.4, 0.5) is 8.78 Å². The smallest absolute Gasteiger partial charge is 0.132 e. The van der Waals surface area contributed by atoms with E-state index in [2.05, 4.69) is 28.2 Å². The summed E-state index contributed by atoms with van der Waals surface area (Å²) in [5.74, 6) is 0.158. The van der Waals surface area contributed by atoms with Crippen LogP contribution >= 0.6 is 15.9 Å². The van der Waals surface area contributed by atoms with E-state index in [0.29, 0.717) is 28.1 Å². The molecule has 0 bridgehead atoms. The highest BCUT2D eigenvalue weighted by molar-refractivity contribution is 9.10. The van der Waals surface area contributed by atoms with Crippen molar-refractivity contribution in [3.63, 3.8) is 0 Å². The van der Waals surface area contributed by atoms with E-state index in [0.717, 1.165) is 13.0 Å². The van der Waals surface area contributed by atoms with Gasteiger partial charge in [-0.3, -0.25) is 0 Å². The van der Waals surface area contributed by atoms with Gasteiger partial charge in [0.15, 0.2) is 0 Å². The van der Waals surface area contributed by atoms with Crippen molar-refractivity contribution < 1.29 is 13.5 Å². The number of halogens is 3. The highest BCUT2D eigenvalue weighted by Gasteiger charge is 2.08. The van der Waals surface area contributed by atoms with Gasteiger partial charge in [0.2, 0.25) is 0 Å². The standard InChI is InChI=1S/C16H16BrF2NO/c1-2-5-20-10-11-6-13(18)3-4-16(11)21-15-8-12(17)7-14(19)9-15/h3-4,6-9,20H,2,5,10H2,1H3. The lowest BCUT2D eigenvalue weighted by molar-refractivity contribution is 0.464. The highest BCUT2D eigenvalue weighted by Crippen LogP contribution is 2.29. The highest BCUT2D eigenvalue weighted by atomic mass is 79.9. The number of rotatable bonds is 6. The van der Waals surface area contributed by atoms with Crippen LogP contribution in [0, 0.1) is 11.6 Å². The van der Waals surface area contributed by atoms with Gasteiger partial charge in [-0.25, -0.2) is 8.78 Å². The summed E-state index contributed by atoms with van der Waals surface area (Å²) < 4.78 is 33.0. The van der Waals surface area contributed by atoms with E-state index in [-0.39, 0.29) is 5.82 Å². The van der Waals surface area contributed by atoms with Gasteiger partial charge >= 0.3 is 0 Å². The third-order valence-corrected chi connectivity index (χ3v) is 3.29. The Morgan fingerprint density at radius 2 is 1.90 bits per heavy atom. The third kappa shape index (κ3) is 4.79. The summed E-state index contributed by atoms with van der Waals surface area (Å²) in [6, 6.07) is 8.60. The molecule has 2 nitrogen and oxygen atoms in total. The first-order valence-electron chi connectivity index (χ1n) is 6.71. The van der Waals surface area contributed by atoms with E-state index in [4.69, 9.17) is 4.74 Å². The summed E-state index contributed by atoms with van der Waals surface area (Å²) in [7, 11) is 0. The van der Waals surface area contributed by atoms with E-state index >= 15 is 0 Å². The number of benzene rings is 2. The van der Waals surface area contributed by atoms with Crippen molar-refractivity contribution in [2.45, 2.75) is 19.9 Å². The van der Waals surface area contributed by atoms with Crippen LogP contribution in [0.2, 0.25) is 0 Å². The van der Waals surface area contributed by atoms with Crippen molar-refractivity contribution >= 4 is 15.9 Å². The maximum atomic E-state index is 13.4. The molecular weight excluding hydrogens is 340 g/mol. The van der Waals surface area contributed by atoms with Crippen molar-refractivity contribution in [2.24, 2.45) is 0 Å². The van der Waals surface area contributed by atoms with E-state index in [1.165, 1.54) is 24.3 Å². The first-order valence-corrected chi connectivity index (χ1v) is 7.51. The van der Waals surface area contributed by atoms with Crippen molar-refractivity contribution in [1.82, 2.24) is 5.32 Å². The van der Waals surface area contributed by atoms with E-state index < -0.39 is 5.82 Å². The molecule has 0 heterocycles. The molecule has 0 unspecified atom stereocenters. The number of nitrogens with one attached hydrogen (secondary N) is 1. The molecule has 0 atom stereocenters. The Morgan fingerprint density at radius 1 is 1.10 bits per heavy atom. The maximum absolute atomic E-state index is 13.4. The molecule has 0 saturated carbocycles. The molecule has 21 heavy (non-hydrogen) atoms. The summed E-state index contributed by atoms with van der Waals surface area (Å²) in [5, 5.41) is 3.20. The molecule has 0 fully saturated rings. The van der Waals surface area contributed by atoms with Crippen LogP contribution in [0.1, 0.15) is 18.9 Å². The van der Waals surface area contributed by atoms with Crippen LogP contribution in [0.3, 0.4) is 0 Å². The second kappa shape index (κ2) is 7.52. The molecule has 0 spiro atoms. The van der Waals surface area contributed by atoms with Crippen LogP contribution in [0.5, 0.6) is 11.5 Å². The Morgan fingerprint density at radius 3 is 2.62 bits per heavy atom. The van der Waals surface area contributed by atoms with Gasteiger partial charge in [-0.05, 0) is 43.3 Å². The molecule has 0 aliphatic rings. The Bertz CT molecular complexity index is 599. The van der Waals surface area contributed by atoms with Gasteiger partial charge < -0.3 is 10.1 Å². The van der Waals surface area contributed by atoms with Gasteiger partial charge in [0, 0.05) is 22.6 Å². The number of hydrogen-bond acceptors (Lipinski definition) is 2. The second-order valence-corrected chi connectivity index (χ2v) is 5.55. The molecule has 112 valence electrons. The average molecular weight is 356 g/mol. The Balaban J connectivity index is 2.21. The topological polar surface area (TPSA) is 21.3 Å². The zero-order valence-electron chi connectivity index (χ0n) is 11.6. The maximum Gasteiger partial charge on any atom is 0.132 e. The molecule has 2 rings (SSSR count). The van der Waals surface area contributed by atoms with Crippen molar-refractivity contribution in [3.05, 3.63) is 58.1 Å². The fourth-order valence-electron chi connectivity index (χ4n) is 1.90. The van der Waals surface area contributed by atoms with Crippen molar-refractivity contribution in [3.8, 4) is 11.5 Å². The predicted octanol–water partition coefficient (Wildman–Crippen LogP) is 5.02. The van der Waals surface area contributed by atoms with E-state index in [9.17, 15) is 8.78 Å². The summed E-state index contributed by atoms with van der Waals surface area (Å²) >= 11 is 3.22. The molecule has 0 radical (unpaired) electrons. The SMILES string of the molecule is CCCNCc1cc(F)ccc1Oc1cc(F)cc(Br)c1. The lowest BCUT2D eigenvalue weighted by Crippen LogP contribution is -2.14. The summed E-state index contributed by atoms with van der Waals surface area (Å²) in [5.41, 5.74) is 0.698. The zero-order chi connectivity index (χ0) is 15.2. The minimum absolute atomic E-state index is 0.323. The molecule has 0 amide bonds. The van der Waals surface area contributed by atoms with Crippen LogP contribution in [0.25, 0.3) is 0 Å². The van der Waals surface area contributed by atoms with Crippen LogP contribution in [0.15, 0.2) is 40.9 Å². The molecule has 0 aliphatic heterocycles. The normalized spacial score (nSPS) is 10.7. The first kappa shape index (κ1) is 15.9. The molecule has 0 saturated heterocycles. The minimum atomic E-state index is -0.396. The molecule has 2 aromatic rings. The predicted molar refractivity (Wildman–Crippen MR) is 82.6 cm³/mol. The van der Waals surface area contributed by atoms with Gasteiger partial charge in [-0.1, -0.05) is 22.9 Å². The first-order chi connectivity index (χ1) is 10.1. The molecule has 1 N–H and O–H groups in total. The third-order valence-electron chi connectivity index (χ3n) is 2.83. The van der Waals surface area contributed by atoms with Gasteiger partial charge in [-0.2, -0.15) is 0 Å². The lowest BCUT2D eigenvalue weighted by Gasteiger charge is -2.12. The van der Waals surface area contributed by atoms with Gasteiger partial charge in [0.1, 0.15) is 23.1 Å². The molecular formula is C16H16BrF2NO.